The molecule has 100 valence electrons. The van der Waals surface area contributed by atoms with E-state index in [9.17, 15) is 0 Å². The predicted octanol–water partition coefficient (Wildman–Crippen LogP) is 3.57. The van der Waals surface area contributed by atoms with Gasteiger partial charge in [0.15, 0.2) is 5.75 Å². The highest BCUT2D eigenvalue weighted by Gasteiger charge is 2.05. The number of rotatable bonds is 3. The van der Waals surface area contributed by atoms with E-state index in [2.05, 4.69) is 16.9 Å². The van der Waals surface area contributed by atoms with E-state index in [1.165, 1.54) is 5.56 Å². The number of nitrogens with two attached hydrogens (primary N) is 1. The lowest BCUT2D eigenvalue weighted by Gasteiger charge is -2.09. The summed E-state index contributed by atoms with van der Waals surface area (Å²) in [5.41, 5.74) is 9.42. The minimum absolute atomic E-state index is 0.444. The van der Waals surface area contributed by atoms with E-state index in [1.54, 1.807) is 6.20 Å². The first-order valence-electron chi connectivity index (χ1n) is 6.54. The Balaban J connectivity index is 1.92. The van der Waals surface area contributed by atoms with Crippen molar-refractivity contribution in [3.8, 4) is 11.6 Å². The zero-order valence-corrected chi connectivity index (χ0v) is 11.2. The zero-order valence-electron chi connectivity index (χ0n) is 11.2. The molecule has 0 saturated heterocycles. The summed E-state index contributed by atoms with van der Waals surface area (Å²) in [4.78, 5) is 8.73. The van der Waals surface area contributed by atoms with Gasteiger partial charge < -0.3 is 10.5 Å². The Morgan fingerprint density at radius 1 is 1.10 bits per heavy atom. The third-order valence-corrected chi connectivity index (χ3v) is 3.12. The minimum atomic E-state index is 0.444. The molecule has 0 aliphatic carbocycles. The van der Waals surface area contributed by atoms with Gasteiger partial charge in [0.2, 0.25) is 5.88 Å². The van der Waals surface area contributed by atoms with E-state index in [0.29, 0.717) is 17.3 Å². The first-order chi connectivity index (χ1) is 9.76. The summed E-state index contributed by atoms with van der Waals surface area (Å²) in [6.45, 7) is 2.09. The number of hydrogen-bond donors (Lipinski definition) is 1. The Bertz CT molecular complexity index is 756. The number of aryl methyl sites for hydroxylation is 1. The summed E-state index contributed by atoms with van der Waals surface area (Å²) >= 11 is 0. The molecule has 1 heterocycles. The van der Waals surface area contributed by atoms with Gasteiger partial charge in [-0.2, -0.15) is 0 Å². The van der Waals surface area contributed by atoms with Gasteiger partial charge >= 0.3 is 0 Å². The van der Waals surface area contributed by atoms with Crippen molar-refractivity contribution >= 4 is 16.7 Å². The molecule has 2 aromatic carbocycles. The van der Waals surface area contributed by atoms with Crippen LogP contribution < -0.4 is 10.5 Å². The lowest BCUT2D eigenvalue weighted by atomic mass is 10.1. The molecule has 0 fully saturated rings. The summed E-state index contributed by atoms with van der Waals surface area (Å²) in [6, 6.07) is 13.5. The maximum Gasteiger partial charge on any atom is 0.238 e. The molecule has 4 nitrogen and oxygen atoms in total. The highest BCUT2D eigenvalue weighted by atomic mass is 16.5. The molecule has 3 rings (SSSR count). The van der Waals surface area contributed by atoms with Crippen LogP contribution in [-0.2, 0) is 6.42 Å². The van der Waals surface area contributed by atoms with Crippen LogP contribution in [0.2, 0.25) is 0 Å². The normalized spacial score (nSPS) is 10.7. The number of ether oxygens (including phenoxy) is 1. The highest BCUT2D eigenvalue weighted by molar-refractivity contribution is 5.74. The number of aromatic nitrogens is 2. The highest BCUT2D eigenvalue weighted by Crippen LogP contribution is 2.27. The van der Waals surface area contributed by atoms with Crippen molar-refractivity contribution in [1.29, 1.82) is 0 Å². The van der Waals surface area contributed by atoms with Gasteiger partial charge in [0.1, 0.15) is 0 Å². The molecular formula is C16H15N3O. The lowest BCUT2D eigenvalue weighted by molar-refractivity contribution is 0.465. The van der Waals surface area contributed by atoms with Crippen LogP contribution in [0.25, 0.3) is 11.0 Å². The number of nitrogens with zero attached hydrogens (tertiary/aromatic N) is 2. The summed E-state index contributed by atoms with van der Waals surface area (Å²) in [6.07, 6.45) is 2.55. The Morgan fingerprint density at radius 2 is 1.90 bits per heavy atom. The molecule has 0 radical (unpaired) electrons. The number of hydrogen-bond acceptors (Lipinski definition) is 4. The maximum absolute atomic E-state index is 5.98. The molecule has 3 aromatic rings. The van der Waals surface area contributed by atoms with Crippen LogP contribution in [0.5, 0.6) is 11.6 Å². The van der Waals surface area contributed by atoms with Gasteiger partial charge in [-0.25, -0.2) is 9.97 Å². The Morgan fingerprint density at radius 3 is 2.65 bits per heavy atom. The van der Waals surface area contributed by atoms with Gasteiger partial charge in [0.25, 0.3) is 0 Å². The molecule has 0 bridgehead atoms. The molecule has 0 saturated carbocycles. The van der Waals surface area contributed by atoms with Gasteiger partial charge in [0, 0.05) is 0 Å². The van der Waals surface area contributed by atoms with Crippen molar-refractivity contribution < 1.29 is 4.74 Å². The summed E-state index contributed by atoms with van der Waals surface area (Å²) in [7, 11) is 0. The van der Waals surface area contributed by atoms with Crippen LogP contribution in [0.4, 0.5) is 5.69 Å². The maximum atomic E-state index is 5.98. The average Bonchev–Trinajstić information content (AvgIpc) is 2.49. The standard InChI is InChI=1S/C16H15N3O/c1-2-11-7-8-15(12(17)9-11)20-16-10-18-13-5-3-4-6-14(13)19-16/h3-10H,2,17H2,1H3. The number of nitrogen functional groups attached to an aromatic ring is 1. The van der Waals surface area contributed by atoms with Gasteiger partial charge in [-0.3, -0.25) is 0 Å². The summed E-state index contributed by atoms with van der Waals surface area (Å²) < 4.78 is 5.72. The van der Waals surface area contributed by atoms with E-state index in [1.807, 2.05) is 42.5 Å². The average molecular weight is 265 g/mol. The third kappa shape index (κ3) is 2.40. The Labute approximate surface area is 117 Å². The molecule has 1 aromatic heterocycles. The van der Waals surface area contributed by atoms with E-state index in [0.717, 1.165) is 17.5 Å². The van der Waals surface area contributed by atoms with Gasteiger partial charge in [-0.15, -0.1) is 0 Å². The number of fused-ring (bicyclic) bond motifs is 1. The molecule has 2 N–H and O–H groups in total. The number of benzene rings is 2. The van der Waals surface area contributed by atoms with Gasteiger partial charge in [0.05, 0.1) is 22.9 Å². The monoisotopic (exact) mass is 265 g/mol. The van der Waals surface area contributed by atoms with E-state index >= 15 is 0 Å². The van der Waals surface area contributed by atoms with Crippen LogP contribution in [-0.4, -0.2) is 9.97 Å². The molecule has 0 aliphatic heterocycles. The molecule has 0 aliphatic rings. The quantitative estimate of drug-likeness (QED) is 0.735. The zero-order chi connectivity index (χ0) is 13.9. The van der Waals surface area contributed by atoms with E-state index < -0.39 is 0 Å². The molecule has 4 heteroatoms. The minimum Gasteiger partial charge on any atom is -0.435 e. The van der Waals surface area contributed by atoms with Crippen molar-refractivity contribution in [2.75, 3.05) is 5.73 Å². The molecule has 0 spiro atoms. The fourth-order valence-electron chi connectivity index (χ4n) is 2.01. The fraction of sp³-hybridized carbons (Fsp3) is 0.125. The van der Waals surface area contributed by atoms with Gasteiger partial charge in [-0.05, 0) is 36.2 Å². The molecule has 20 heavy (non-hydrogen) atoms. The van der Waals surface area contributed by atoms with Crippen molar-refractivity contribution in [3.63, 3.8) is 0 Å². The second-order valence-electron chi connectivity index (χ2n) is 4.52. The van der Waals surface area contributed by atoms with E-state index in [-0.39, 0.29) is 0 Å². The van der Waals surface area contributed by atoms with Crippen LogP contribution in [0, 0.1) is 0 Å². The van der Waals surface area contributed by atoms with Crippen LogP contribution in [0.15, 0.2) is 48.7 Å². The predicted molar refractivity (Wildman–Crippen MR) is 79.8 cm³/mol. The second kappa shape index (κ2) is 5.17. The smallest absolute Gasteiger partial charge is 0.238 e. The molecular weight excluding hydrogens is 250 g/mol. The largest absolute Gasteiger partial charge is 0.435 e. The summed E-state index contributed by atoms with van der Waals surface area (Å²) in [5, 5.41) is 0. The third-order valence-electron chi connectivity index (χ3n) is 3.12. The lowest BCUT2D eigenvalue weighted by Crippen LogP contribution is -1.96. The first kappa shape index (κ1) is 12.4. The Kier molecular flexibility index (Phi) is 3.21. The van der Waals surface area contributed by atoms with Crippen molar-refractivity contribution in [3.05, 3.63) is 54.2 Å². The van der Waals surface area contributed by atoms with Gasteiger partial charge in [-0.1, -0.05) is 25.1 Å². The first-order valence-corrected chi connectivity index (χ1v) is 6.54. The molecule has 0 atom stereocenters. The van der Waals surface area contributed by atoms with Crippen molar-refractivity contribution in [1.82, 2.24) is 9.97 Å². The van der Waals surface area contributed by atoms with Crippen molar-refractivity contribution in [2.24, 2.45) is 0 Å². The van der Waals surface area contributed by atoms with Crippen molar-refractivity contribution in [2.45, 2.75) is 13.3 Å². The van der Waals surface area contributed by atoms with Crippen LogP contribution in [0.3, 0.4) is 0 Å². The van der Waals surface area contributed by atoms with E-state index in [4.69, 9.17) is 10.5 Å². The second-order valence-corrected chi connectivity index (χ2v) is 4.52. The fourth-order valence-corrected chi connectivity index (χ4v) is 2.01. The Hall–Kier alpha value is -2.62. The van der Waals surface area contributed by atoms with Crippen LogP contribution in [0.1, 0.15) is 12.5 Å². The number of anilines is 1. The topological polar surface area (TPSA) is 61.0 Å². The summed E-state index contributed by atoms with van der Waals surface area (Å²) in [5.74, 6) is 1.05. The van der Waals surface area contributed by atoms with Crippen LogP contribution >= 0.6 is 0 Å². The SMILES string of the molecule is CCc1ccc(Oc2cnc3ccccc3n2)c(N)c1. The number of para-hydroxylation sites is 2. The molecule has 0 unspecified atom stereocenters. The molecule has 0 amide bonds.